The molecule has 1 aliphatic rings. The molecular formula is C5H6ClNO. The van der Waals surface area contributed by atoms with Crippen LogP contribution in [0.2, 0.25) is 0 Å². The van der Waals surface area contributed by atoms with Crippen LogP contribution in [0.4, 0.5) is 0 Å². The molecule has 3 heteroatoms. The van der Waals surface area contributed by atoms with Gasteiger partial charge in [0.15, 0.2) is 0 Å². The summed E-state index contributed by atoms with van der Waals surface area (Å²) in [6.45, 7) is 0. The highest BCUT2D eigenvalue weighted by atomic mass is 35.5. The Labute approximate surface area is 52.5 Å². The highest BCUT2D eigenvalue weighted by Crippen LogP contribution is 2.17. The lowest BCUT2D eigenvalue weighted by Gasteiger charge is -1.87. The molecule has 0 aliphatic heterocycles. The molecule has 0 fully saturated rings. The molecule has 1 rings (SSSR count). The topological polar surface area (TPSA) is 32.6 Å². The highest BCUT2D eigenvalue weighted by molar-refractivity contribution is 6.44. The van der Waals surface area contributed by atoms with Crippen LogP contribution in [0.25, 0.3) is 0 Å². The summed E-state index contributed by atoms with van der Waals surface area (Å²) in [7, 11) is 0. The van der Waals surface area contributed by atoms with E-state index >= 15 is 0 Å². The first-order valence-electron chi connectivity index (χ1n) is 2.41. The van der Waals surface area contributed by atoms with Crippen molar-refractivity contribution in [3.8, 4) is 0 Å². The van der Waals surface area contributed by atoms with Gasteiger partial charge in [0, 0.05) is 0 Å². The Morgan fingerprint density at radius 3 is 2.75 bits per heavy atom. The van der Waals surface area contributed by atoms with Gasteiger partial charge in [-0.1, -0.05) is 22.8 Å². The second-order valence-electron chi connectivity index (χ2n) is 1.64. The summed E-state index contributed by atoms with van der Waals surface area (Å²) in [5.74, 6) is 0. The lowest BCUT2D eigenvalue weighted by Crippen LogP contribution is -1.89. The summed E-state index contributed by atoms with van der Waals surface area (Å²) >= 11 is 5.55. The van der Waals surface area contributed by atoms with Crippen LogP contribution in [0.3, 0.4) is 0 Å². The van der Waals surface area contributed by atoms with Crippen LogP contribution in [0, 0.1) is 0 Å². The van der Waals surface area contributed by atoms with E-state index in [1.54, 1.807) is 0 Å². The van der Waals surface area contributed by atoms with E-state index in [2.05, 4.69) is 5.16 Å². The zero-order chi connectivity index (χ0) is 5.98. The molecular weight excluding hydrogens is 126 g/mol. The van der Waals surface area contributed by atoms with Crippen LogP contribution >= 0.6 is 11.6 Å². The van der Waals surface area contributed by atoms with Crippen molar-refractivity contribution in [2.24, 2.45) is 5.16 Å². The molecule has 0 saturated heterocycles. The molecule has 1 N–H and O–H groups in total. The van der Waals surface area contributed by atoms with Crippen molar-refractivity contribution in [3.05, 3.63) is 11.1 Å². The van der Waals surface area contributed by atoms with E-state index in [0.717, 1.165) is 12.8 Å². The average molecular weight is 132 g/mol. The van der Waals surface area contributed by atoms with Gasteiger partial charge in [-0.15, -0.1) is 0 Å². The van der Waals surface area contributed by atoms with Crippen molar-refractivity contribution < 1.29 is 5.21 Å². The second kappa shape index (κ2) is 2.18. The maximum absolute atomic E-state index is 8.20. The van der Waals surface area contributed by atoms with Gasteiger partial charge in [0.1, 0.15) is 0 Å². The van der Waals surface area contributed by atoms with Gasteiger partial charge in [-0.05, 0) is 12.8 Å². The Morgan fingerprint density at radius 1 is 1.75 bits per heavy atom. The van der Waals surface area contributed by atoms with Crippen LogP contribution in [0.15, 0.2) is 16.3 Å². The highest BCUT2D eigenvalue weighted by Gasteiger charge is 2.09. The molecule has 44 valence electrons. The van der Waals surface area contributed by atoms with Crippen LogP contribution in [-0.4, -0.2) is 10.9 Å². The smallest absolute Gasteiger partial charge is 0.0981 e. The van der Waals surface area contributed by atoms with Crippen LogP contribution in [0.5, 0.6) is 0 Å². The number of hydrogen-bond donors (Lipinski definition) is 1. The first-order valence-corrected chi connectivity index (χ1v) is 2.79. The molecule has 0 spiro atoms. The monoisotopic (exact) mass is 131 g/mol. The SMILES string of the molecule is O/N=C1/CCC=C1Cl. The average Bonchev–Trinajstić information content (AvgIpc) is 2.14. The number of oxime groups is 1. The molecule has 0 atom stereocenters. The molecule has 2 nitrogen and oxygen atoms in total. The van der Waals surface area contributed by atoms with Gasteiger partial charge in [-0.3, -0.25) is 0 Å². The van der Waals surface area contributed by atoms with Crippen LogP contribution in [0.1, 0.15) is 12.8 Å². The first kappa shape index (κ1) is 5.63. The minimum absolute atomic E-state index is 0.590. The molecule has 0 aromatic heterocycles. The Hall–Kier alpha value is -0.500. The fourth-order valence-corrected chi connectivity index (χ4v) is 0.912. The molecule has 0 heterocycles. The number of nitrogens with zero attached hydrogens (tertiary/aromatic N) is 1. The number of hydrogen-bond acceptors (Lipinski definition) is 2. The van der Waals surface area contributed by atoms with Crippen molar-refractivity contribution >= 4 is 17.3 Å². The van der Waals surface area contributed by atoms with Crippen molar-refractivity contribution in [3.63, 3.8) is 0 Å². The Kier molecular flexibility index (Phi) is 1.53. The van der Waals surface area contributed by atoms with Crippen molar-refractivity contribution in [1.29, 1.82) is 0 Å². The molecule has 0 saturated carbocycles. The number of rotatable bonds is 0. The van der Waals surface area contributed by atoms with Crippen molar-refractivity contribution in [2.75, 3.05) is 0 Å². The normalized spacial score (nSPS) is 24.1. The van der Waals surface area contributed by atoms with E-state index in [1.807, 2.05) is 6.08 Å². The van der Waals surface area contributed by atoms with Gasteiger partial charge < -0.3 is 5.21 Å². The maximum atomic E-state index is 8.20. The molecule has 1 aliphatic carbocycles. The fraction of sp³-hybridized carbons (Fsp3) is 0.400. The zero-order valence-corrected chi connectivity index (χ0v) is 5.02. The Balaban J connectivity index is 2.74. The van der Waals surface area contributed by atoms with Crippen molar-refractivity contribution in [1.82, 2.24) is 0 Å². The van der Waals surface area contributed by atoms with E-state index in [0.29, 0.717) is 10.7 Å². The molecule has 0 bridgehead atoms. The third-order valence-corrected chi connectivity index (χ3v) is 1.47. The summed E-state index contributed by atoms with van der Waals surface area (Å²) in [5.41, 5.74) is 0.603. The molecule has 0 amide bonds. The van der Waals surface area contributed by atoms with Crippen LogP contribution in [-0.2, 0) is 0 Å². The van der Waals surface area contributed by atoms with E-state index in [-0.39, 0.29) is 0 Å². The fourth-order valence-electron chi connectivity index (χ4n) is 0.671. The van der Waals surface area contributed by atoms with E-state index in [4.69, 9.17) is 16.8 Å². The molecule has 0 aromatic carbocycles. The summed E-state index contributed by atoms with van der Waals surface area (Å²) in [4.78, 5) is 0. The predicted octanol–water partition coefficient (Wildman–Crippen LogP) is 1.73. The quantitative estimate of drug-likeness (QED) is 0.394. The van der Waals surface area contributed by atoms with Gasteiger partial charge in [0.05, 0.1) is 10.7 Å². The lowest BCUT2D eigenvalue weighted by atomic mass is 10.3. The minimum Gasteiger partial charge on any atom is -0.411 e. The van der Waals surface area contributed by atoms with E-state index in [1.165, 1.54) is 0 Å². The van der Waals surface area contributed by atoms with Gasteiger partial charge in [0.25, 0.3) is 0 Å². The van der Waals surface area contributed by atoms with Crippen LogP contribution < -0.4 is 0 Å². The third-order valence-electron chi connectivity index (χ3n) is 1.10. The Bertz CT molecular complexity index is 151. The lowest BCUT2D eigenvalue weighted by molar-refractivity contribution is 0.318. The number of halogens is 1. The summed E-state index contributed by atoms with van der Waals surface area (Å²) < 4.78 is 0. The molecule has 0 aromatic rings. The zero-order valence-electron chi connectivity index (χ0n) is 4.26. The molecule has 0 unspecified atom stereocenters. The molecule has 8 heavy (non-hydrogen) atoms. The van der Waals surface area contributed by atoms with Gasteiger partial charge in [-0.25, -0.2) is 0 Å². The second-order valence-corrected chi connectivity index (χ2v) is 2.04. The summed E-state index contributed by atoms with van der Waals surface area (Å²) in [5, 5.41) is 11.8. The summed E-state index contributed by atoms with van der Waals surface area (Å²) in [6, 6.07) is 0. The largest absolute Gasteiger partial charge is 0.411 e. The minimum atomic E-state index is 0.590. The standard InChI is InChI=1S/C5H6ClNO/c6-4-2-1-3-5(4)7-8/h2,8H,1,3H2/b7-5-. The predicted molar refractivity (Wildman–Crippen MR) is 32.4 cm³/mol. The van der Waals surface area contributed by atoms with Gasteiger partial charge in [-0.2, -0.15) is 0 Å². The first-order chi connectivity index (χ1) is 3.84. The van der Waals surface area contributed by atoms with E-state index < -0.39 is 0 Å². The van der Waals surface area contributed by atoms with Gasteiger partial charge >= 0.3 is 0 Å². The Morgan fingerprint density at radius 2 is 2.50 bits per heavy atom. The molecule has 0 radical (unpaired) electrons. The summed E-state index contributed by atoms with van der Waals surface area (Å²) in [6.07, 6.45) is 3.52. The maximum Gasteiger partial charge on any atom is 0.0981 e. The van der Waals surface area contributed by atoms with Gasteiger partial charge in [0.2, 0.25) is 0 Å². The number of allylic oxidation sites excluding steroid dienone is 2. The van der Waals surface area contributed by atoms with E-state index in [9.17, 15) is 0 Å². The van der Waals surface area contributed by atoms with Crippen molar-refractivity contribution in [2.45, 2.75) is 12.8 Å². The third kappa shape index (κ3) is 0.842.